The second-order valence-corrected chi connectivity index (χ2v) is 3.91. The van der Waals surface area contributed by atoms with Crippen LogP contribution in [-0.2, 0) is 5.11 Å². The number of hydrogen-bond acceptors (Lipinski definition) is 3. The number of nitrogens with zero attached hydrogens (tertiary/aromatic N) is 1. The molecule has 1 aliphatic rings. The molecule has 0 amide bonds. The van der Waals surface area contributed by atoms with Crippen LogP contribution in [0.4, 0.5) is 11.5 Å². The maximum Gasteiger partial charge on any atom is 0.142 e. The first-order valence-electron chi connectivity index (χ1n) is 5.36. The van der Waals surface area contributed by atoms with Gasteiger partial charge in [0, 0.05) is 0 Å². The number of nitrogens with two attached hydrogens (primary N) is 2. The SMILES string of the molecule is Nc1cn[nH]c1N.[O]CC1CCCCC1. The maximum atomic E-state index is 10.3. The van der Waals surface area contributed by atoms with Gasteiger partial charge in [0.1, 0.15) is 5.82 Å². The lowest BCUT2D eigenvalue weighted by Crippen LogP contribution is -2.08. The molecule has 0 aliphatic heterocycles. The van der Waals surface area contributed by atoms with Gasteiger partial charge in [0.25, 0.3) is 0 Å². The number of anilines is 2. The molecule has 85 valence electrons. The minimum atomic E-state index is 0.167. The normalized spacial score (nSPS) is 16.9. The van der Waals surface area contributed by atoms with E-state index in [0.29, 0.717) is 17.4 Å². The zero-order valence-electron chi connectivity index (χ0n) is 8.91. The summed E-state index contributed by atoms with van der Waals surface area (Å²) in [5.74, 6) is 0.962. The summed E-state index contributed by atoms with van der Waals surface area (Å²) in [4.78, 5) is 0. The minimum Gasteiger partial charge on any atom is -0.394 e. The second kappa shape index (κ2) is 6.29. The molecule has 5 nitrogen and oxygen atoms in total. The Balaban J connectivity index is 0.000000151. The molecular formula is C10H19N4O. The van der Waals surface area contributed by atoms with Gasteiger partial charge in [-0.05, 0) is 18.8 Å². The second-order valence-electron chi connectivity index (χ2n) is 3.91. The standard InChI is InChI=1S/C7H13O.C3H6N4/c8-6-7-4-2-1-3-5-7;4-2-1-6-7-3(2)5/h7H,1-6H2;1H,4H2,(H3,5,6,7). The first kappa shape index (κ1) is 11.8. The van der Waals surface area contributed by atoms with E-state index in [0.717, 1.165) is 0 Å². The van der Waals surface area contributed by atoms with Gasteiger partial charge in [-0.1, -0.05) is 19.3 Å². The molecule has 1 heterocycles. The van der Waals surface area contributed by atoms with Crippen LogP contribution < -0.4 is 11.5 Å². The van der Waals surface area contributed by atoms with Crippen molar-refractivity contribution in [1.82, 2.24) is 10.2 Å². The summed E-state index contributed by atoms with van der Waals surface area (Å²) in [6.45, 7) is 0.167. The summed E-state index contributed by atoms with van der Waals surface area (Å²) in [5, 5.41) is 16.3. The van der Waals surface area contributed by atoms with Crippen molar-refractivity contribution in [3.63, 3.8) is 0 Å². The number of nitrogen functional groups attached to an aromatic ring is 2. The first-order valence-corrected chi connectivity index (χ1v) is 5.36. The van der Waals surface area contributed by atoms with E-state index in [9.17, 15) is 5.11 Å². The summed E-state index contributed by atoms with van der Waals surface area (Å²) in [6.07, 6.45) is 7.82. The van der Waals surface area contributed by atoms with E-state index in [2.05, 4.69) is 10.2 Å². The van der Waals surface area contributed by atoms with Gasteiger partial charge in [-0.25, -0.2) is 5.11 Å². The molecule has 0 aromatic carbocycles. The minimum absolute atomic E-state index is 0.167. The fourth-order valence-electron chi connectivity index (χ4n) is 1.66. The van der Waals surface area contributed by atoms with Crippen LogP contribution in [0, 0.1) is 5.92 Å². The summed E-state index contributed by atoms with van der Waals surface area (Å²) >= 11 is 0. The van der Waals surface area contributed by atoms with Crippen molar-refractivity contribution in [3.8, 4) is 0 Å². The molecule has 1 radical (unpaired) electrons. The third kappa shape index (κ3) is 4.20. The molecule has 2 rings (SSSR count). The van der Waals surface area contributed by atoms with Crippen LogP contribution in [0.5, 0.6) is 0 Å². The summed E-state index contributed by atoms with van der Waals surface area (Å²) in [6, 6.07) is 0. The Hall–Kier alpha value is -1.23. The van der Waals surface area contributed by atoms with Crippen molar-refractivity contribution in [2.45, 2.75) is 32.1 Å². The molecule has 0 saturated heterocycles. The molecule has 1 aromatic heterocycles. The largest absolute Gasteiger partial charge is 0.394 e. The van der Waals surface area contributed by atoms with Gasteiger partial charge in [-0.15, -0.1) is 0 Å². The number of hydrogen-bond donors (Lipinski definition) is 3. The Kier molecular flexibility index (Phi) is 4.97. The summed E-state index contributed by atoms with van der Waals surface area (Å²) < 4.78 is 0. The number of nitrogens with one attached hydrogen (secondary N) is 1. The molecule has 0 bridgehead atoms. The molecule has 5 N–H and O–H groups in total. The third-order valence-electron chi connectivity index (χ3n) is 2.66. The summed E-state index contributed by atoms with van der Waals surface area (Å²) in [5.41, 5.74) is 10.9. The van der Waals surface area contributed by atoms with E-state index in [4.69, 9.17) is 11.5 Å². The Morgan fingerprint density at radius 2 is 2.00 bits per heavy atom. The number of rotatable bonds is 1. The highest BCUT2D eigenvalue weighted by Crippen LogP contribution is 2.22. The lowest BCUT2D eigenvalue weighted by molar-refractivity contribution is 0.122. The highest BCUT2D eigenvalue weighted by atomic mass is 16.3. The van der Waals surface area contributed by atoms with Crippen molar-refractivity contribution in [2.75, 3.05) is 18.1 Å². The van der Waals surface area contributed by atoms with Gasteiger partial charge in [0.2, 0.25) is 0 Å². The summed E-state index contributed by atoms with van der Waals surface area (Å²) in [7, 11) is 0. The molecule has 1 aliphatic carbocycles. The van der Waals surface area contributed by atoms with E-state index in [1.54, 1.807) is 0 Å². The van der Waals surface area contributed by atoms with Crippen LogP contribution in [0.25, 0.3) is 0 Å². The van der Waals surface area contributed by atoms with Gasteiger partial charge in [0.15, 0.2) is 0 Å². The monoisotopic (exact) mass is 211 g/mol. The molecule has 5 heteroatoms. The van der Waals surface area contributed by atoms with Crippen LogP contribution in [-0.4, -0.2) is 16.8 Å². The van der Waals surface area contributed by atoms with Crippen LogP contribution in [0.2, 0.25) is 0 Å². The average Bonchev–Trinajstić information content (AvgIpc) is 2.65. The Morgan fingerprint density at radius 3 is 2.27 bits per heavy atom. The predicted octanol–water partition coefficient (Wildman–Crippen LogP) is 1.57. The average molecular weight is 211 g/mol. The van der Waals surface area contributed by atoms with Crippen LogP contribution in [0.15, 0.2) is 6.20 Å². The van der Waals surface area contributed by atoms with E-state index in [-0.39, 0.29) is 6.61 Å². The van der Waals surface area contributed by atoms with E-state index >= 15 is 0 Å². The fraction of sp³-hybridized carbons (Fsp3) is 0.700. The molecular weight excluding hydrogens is 192 g/mol. The lowest BCUT2D eigenvalue weighted by atomic mass is 9.90. The number of aromatic nitrogens is 2. The molecule has 0 spiro atoms. The molecule has 1 aromatic rings. The van der Waals surface area contributed by atoms with Gasteiger partial charge in [0.05, 0.1) is 18.5 Å². The Morgan fingerprint density at radius 1 is 1.33 bits per heavy atom. The smallest absolute Gasteiger partial charge is 0.142 e. The molecule has 15 heavy (non-hydrogen) atoms. The van der Waals surface area contributed by atoms with Crippen molar-refractivity contribution in [3.05, 3.63) is 6.20 Å². The lowest BCUT2D eigenvalue weighted by Gasteiger charge is -2.17. The van der Waals surface area contributed by atoms with Gasteiger partial charge < -0.3 is 11.5 Å². The third-order valence-corrected chi connectivity index (χ3v) is 2.66. The molecule has 1 fully saturated rings. The predicted molar refractivity (Wildman–Crippen MR) is 59.5 cm³/mol. The van der Waals surface area contributed by atoms with Crippen molar-refractivity contribution < 1.29 is 5.11 Å². The van der Waals surface area contributed by atoms with E-state index < -0.39 is 0 Å². The number of H-pyrrole nitrogens is 1. The first-order chi connectivity index (χ1) is 7.24. The number of aromatic amines is 1. The highest BCUT2D eigenvalue weighted by Gasteiger charge is 2.11. The van der Waals surface area contributed by atoms with Crippen LogP contribution >= 0.6 is 0 Å². The van der Waals surface area contributed by atoms with Crippen molar-refractivity contribution >= 4 is 11.5 Å². The zero-order chi connectivity index (χ0) is 11.1. The van der Waals surface area contributed by atoms with E-state index in [1.807, 2.05) is 0 Å². The Labute approximate surface area is 89.9 Å². The van der Waals surface area contributed by atoms with Crippen LogP contribution in [0.3, 0.4) is 0 Å². The van der Waals surface area contributed by atoms with Gasteiger partial charge >= 0.3 is 0 Å². The zero-order valence-corrected chi connectivity index (χ0v) is 8.91. The molecule has 0 atom stereocenters. The van der Waals surface area contributed by atoms with Crippen LogP contribution in [0.1, 0.15) is 32.1 Å². The fourth-order valence-corrected chi connectivity index (χ4v) is 1.66. The topological polar surface area (TPSA) is 101 Å². The van der Waals surface area contributed by atoms with E-state index in [1.165, 1.54) is 38.3 Å². The molecule has 0 unspecified atom stereocenters. The quantitative estimate of drug-likeness (QED) is 0.657. The van der Waals surface area contributed by atoms with Crippen molar-refractivity contribution in [1.29, 1.82) is 0 Å². The van der Waals surface area contributed by atoms with Gasteiger partial charge in [-0.3, -0.25) is 5.10 Å². The highest BCUT2D eigenvalue weighted by molar-refractivity contribution is 5.55. The Bertz CT molecular complexity index is 252. The maximum absolute atomic E-state index is 10.3. The molecule has 1 saturated carbocycles. The van der Waals surface area contributed by atoms with Crippen molar-refractivity contribution in [2.24, 2.45) is 5.92 Å². The van der Waals surface area contributed by atoms with Gasteiger partial charge in [-0.2, -0.15) is 5.10 Å².